The number of rotatable bonds is 23. The van der Waals surface area contributed by atoms with Crippen molar-refractivity contribution in [2.45, 2.75) is 108 Å². The number of fused-ring (bicyclic) bond motifs is 6. The van der Waals surface area contributed by atoms with E-state index >= 15 is 0 Å². The van der Waals surface area contributed by atoms with E-state index in [0.717, 1.165) is 83.5 Å². The summed E-state index contributed by atoms with van der Waals surface area (Å²) >= 11 is 0. The number of nitrogens with one attached hydrogen (secondary N) is 2. The molecule has 0 saturated carbocycles. The average Bonchev–Trinajstić information content (AvgIpc) is 3.74. The van der Waals surface area contributed by atoms with Crippen molar-refractivity contribution in [3.8, 4) is 22.3 Å². The van der Waals surface area contributed by atoms with Gasteiger partial charge in [0.1, 0.15) is 13.2 Å². The Balaban J connectivity index is 0.000000225. The highest BCUT2D eigenvalue weighted by Crippen LogP contribution is 2.45. The van der Waals surface area contributed by atoms with Crippen LogP contribution in [0, 0.1) is 0 Å². The molecule has 2 aliphatic carbocycles. The van der Waals surface area contributed by atoms with Gasteiger partial charge in [-0.1, -0.05) is 155 Å². The van der Waals surface area contributed by atoms with Gasteiger partial charge in [-0.25, -0.2) is 9.59 Å². The fourth-order valence-electron chi connectivity index (χ4n) is 8.07. The summed E-state index contributed by atoms with van der Waals surface area (Å²) in [7, 11) is 0. The number of carboxylic acid groups (broad SMARTS) is 2. The van der Waals surface area contributed by atoms with Crippen LogP contribution in [0.15, 0.2) is 97.1 Å². The molecule has 0 aliphatic heterocycles. The standard InChI is InChI=1S/C26H33NO4.C23H27NO4/c28-25(29)17-7-5-3-1-2-4-6-12-18-27-26(30)31-19-24-22-15-10-8-13-20(22)21-14-9-11-16-23(21)24;25-22(26)14-4-2-1-3-9-15-24-23(27)28-16-21-19-12-7-5-10-17(19)18-11-6-8-13-20(18)21/h8-11,13-16,24H,1-7,12,17-19H2,(H,27,30)(H,28,29);5-8,10-13,21H,1-4,9,14-16H2,(H,24,27)(H,25,26). The van der Waals surface area contributed by atoms with Crippen molar-refractivity contribution < 1.29 is 38.9 Å². The van der Waals surface area contributed by atoms with E-state index < -0.39 is 11.9 Å². The first-order valence-electron chi connectivity index (χ1n) is 21.4. The summed E-state index contributed by atoms with van der Waals surface area (Å²) < 4.78 is 11.0. The Labute approximate surface area is 348 Å². The van der Waals surface area contributed by atoms with E-state index in [4.69, 9.17) is 19.7 Å². The Bertz CT molecular complexity index is 1870. The van der Waals surface area contributed by atoms with Gasteiger partial charge in [-0.05, 0) is 70.2 Å². The maximum Gasteiger partial charge on any atom is 0.407 e. The lowest BCUT2D eigenvalue weighted by molar-refractivity contribution is -0.138. The van der Waals surface area contributed by atoms with Gasteiger partial charge < -0.3 is 30.3 Å². The molecule has 10 nitrogen and oxygen atoms in total. The maximum absolute atomic E-state index is 12.1. The van der Waals surface area contributed by atoms with Crippen molar-refractivity contribution in [2.24, 2.45) is 0 Å². The van der Waals surface area contributed by atoms with Crippen LogP contribution in [0.4, 0.5) is 9.59 Å². The minimum Gasteiger partial charge on any atom is -0.481 e. The fourth-order valence-corrected chi connectivity index (χ4v) is 8.07. The topological polar surface area (TPSA) is 151 Å². The van der Waals surface area contributed by atoms with E-state index in [-0.39, 0.29) is 36.9 Å². The van der Waals surface area contributed by atoms with Gasteiger partial charge in [0.25, 0.3) is 0 Å². The van der Waals surface area contributed by atoms with E-state index in [1.807, 2.05) is 48.5 Å². The third-order valence-electron chi connectivity index (χ3n) is 11.1. The van der Waals surface area contributed by atoms with Crippen molar-refractivity contribution in [2.75, 3.05) is 26.3 Å². The van der Waals surface area contributed by atoms with E-state index in [0.29, 0.717) is 26.3 Å². The molecular weight excluding hydrogens is 745 g/mol. The largest absolute Gasteiger partial charge is 0.481 e. The van der Waals surface area contributed by atoms with Crippen molar-refractivity contribution >= 4 is 24.1 Å². The second kappa shape index (κ2) is 24.3. The first kappa shape index (κ1) is 44.5. The smallest absolute Gasteiger partial charge is 0.407 e. The molecule has 0 bridgehead atoms. The van der Waals surface area contributed by atoms with Crippen LogP contribution in [-0.2, 0) is 19.1 Å². The molecule has 0 fully saturated rings. The first-order chi connectivity index (χ1) is 28.8. The minimum absolute atomic E-state index is 0.0763. The Morgan fingerprint density at radius 3 is 0.983 bits per heavy atom. The predicted molar refractivity (Wildman–Crippen MR) is 231 cm³/mol. The molecule has 0 radical (unpaired) electrons. The Morgan fingerprint density at radius 2 is 0.678 bits per heavy atom. The molecule has 59 heavy (non-hydrogen) atoms. The number of carboxylic acids is 2. The van der Waals surface area contributed by atoms with Gasteiger partial charge in [-0.2, -0.15) is 0 Å². The second-order valence-electron chi connectivity index (χ2n) is 15.4. The number of carbonyl (C=O) groups excluding carboxylic acids is 2. The fraction of sp³-hybridized carbons (Fsp3) is 0.429. The van der Waals surface area contributed by atoms with Crippen molar-refractivity contribution in [1.29, 1.82) is 0 Å². The summed E-state index contributed by atoms with van der Waals surface area (Å²) in [6.07, 6.45) is 12.6. The van der Waals surface area contributed by atoms with Crippen LogP contribution in [0.1, 0.15) is 130 Å². The molecule has 0 atom stereocenters. The van der Waals surface area contributed by atoms with Gasteiger partial charge in [-0.15, -0.1) is 0 Å². The number of alkyl carbamates (subject to hydrolysis) is 2. The molecular formula is C49H60N2O8. The van der Waals surface area contributed by atoms with Crippen LogP contribution in [0.2, 0.25) is 0 Å². The van der Waals surface area contributed by atoms with Gasteiger partial charge in [-0.3, -0.25) is 9.59 Å². The molecule has 0 saturated heterocycles. The molecule has 2 amide bonds. The number of ether oxygens (including phenoxy) is 2. The Morgan fingerprint density at radius 1 is 0.407 bits per heavy atom. The number of carbonyl (C=O) groups is 4. The zero-order valence-corrected chi connectivity index (χ0v) is 34.2. The summed E-state index contributed by atoms with van der Waals surface area (Å²) in [5, 5.41) is 22.9. The summed E-state index contributed by atoms with van der Waals surface area (Å²) in [6, 6.07) is 33.2. The maximum atomic E-state index is 12.1. The Hall–Kier alpha value is -5.64. The highest BCUT2D eigenvalue weighted by Gasteiger charge is 2.30. The van der Waals surface area contributed by atoms with Gasteiger partial charge in [0.15, 0.2) is 0 Å². The summed E-state index contributed by atoms with van der Waals surface area (Å²) in [6.45, 7) is 1.89. The van der Waals surface area contributed by atoms with E-state index in [1.165, 1.54) is 44.5 Å². The third kappa shape index (κ3) is 14.0. The summed E-state index contributed by atoms with van der Waals surface area (Å²) in [4.78, 5) is 45.1. The molecule has 2 aliphatic rings. The molecule has 0 aromatic heterocycles. The van der Waals surface area contributed by atoms with Crippen LogP contribution in [0.3, 0.4) is 0 Å². The van der Waals surface area contributed by atoms with Crippen LogP contribution < -0.4 is 10.6 Å². The molecule has 4 N–H and O–H groups in total. The quantitative estimate of drug-likeness (QED) is 0.0541. The minimum atomic E-state index is -0.739. The number of hydrogen-bond acceptors (Lipinski definition) is 6. The molecule has 0 heterocycles. The number of aliphatic carboxylic acids is 2. The first-order valence-corrected chi connectivity index (χ1v) is 21.4. The Kier molecular flexibility index (Phi) is 18.3. The second-order valence-corrected chi connectivity index (χ2v) is 15.4. The van der Waals surface area contributed by atoms with Gasteiger partial charge in [0.2, 0.25) is 0 Å². The SMILES string of the molecule is O=C(O)CCCCCCCCCCNC(=O)OCC1c2ccccc2-c2ccccc21.O=C(O)CCCCCCCNC(=O)OCC1c2ccccc2-c2ccccc21. The highest BCUT2D eigenvalue weighted by molar-refractivity contribution is 5.80. The highest BCUT2D eigenvalue weighted by atomic mass is 16.6. The number of hydrogen-bond donors (Lipinski definition) is 4. The van der Waals surface area contributed by atoms with Gasteiger partial charge >= 0.3 is 24.1 Å². The van der Waals surface area contributed by atoms with Crippen LogP contribution >= 0.6 is 0 Å². The number of amides is 2. The normalized spacial score (nSPS) is 12.3. The third-order valence-corrected chi connectivity index (χ3v) is 11.1. The lowest BCUT2D eigenvalue weighted by Crippen LogP contribution is -2.27. The summed E-state index contributed by atoms with van der Waals surface area (Å²) in [5.41, 5.74) is 9.75. The lowest BCUT2D eigenvalue weighted by Gasteiger charge is -2.14. The molecule has 0 spiro atoms. The van der Waals surface area contributed by atoms with Crippen LogP contribution in [0.25, 0.3) is 22.3 Å². The predicted octanol–water partition coefficient (Wildman–Crippen LogP) is 11.1. The van der Waals surface area contributed by atoms with Crippen molar-refractivity contribution in [3.05, 3.63) is 119 Å². The zero-order valence-electron chi connectivity index (χ0n) is 34.2. The van der Waals surface area contributed by atoms with Crippen LogP contribution in [-0.4, -0.2) is 60.6 Å². The summed E-state index contributed by atoms with van der Waals surface area (Å²) in [5.74, 6) is -1.28. The van der Waals surface area contributed by atoms with Crippen molar-refractivity contribution in [3.63, 3.8) is 0 Å². The van der Waals surface area contributed by atoms with E-state index in [9.17, 15) is 19.2 Å². The van der Waals surface area contributed by atoms with Gasteiger partial charge in [0.05, 0.1) is 0 Å². The molecule has 10 heteroatoms. The van der Waals surface area contributed by atoms with E-state index in [2.05, 4.69) is 59.2 Å². The molecule has 6 rings (SSSR count). The van der Waals surface area contributed by atoms with E-state index in [1.54, 1.807) is 0 Å². The molecule has 4 aromatic carbocycles. The lowest BCUT2D eigenvalue weighted by atomic mass is 9.98. The van der Waals surface area contributed by atoms with Crippen LogP contribution in [0.5, 0.6) is 0 Å². The van der Waals surface area contributed by atoms with Crippen molar-refractivity contribution in [1.82, 2.24) is 10.6 Å². The zero-order chi connectivity index (χ0) is 41.7. The molecule has 314 valence electrons. The molecule has 4 aromatic rings. The van der Waals surface area contributed by atoms with Gasteiger partial charge in [0, 0.05) is 37.8 Å². The average molecular weight is 805 g/mol. The monoisotopic (exact) mass is 804 g/mol. The number of benzene rings is 4. The number of unbranched alkanes of at least 4 members (excludes halogenated alkanes) is 11. The molecule has 0 unspecified atom stereocenters.